The van der Waals surface area contributed by atoms with Crippen LogP contribution in [0.3, 0.4) is 0 Å². The van der Waals surface area contributed by atoms with Gasteiger partial charge in [-0.05, 0) is 105 Å². The summed E-state index contributed by atoms with van der Waals surface area (Å²) in [6.45, 7) is 11.4. The Balaban J connectivity index is 1.07. The normalized spacial score (nSPS) is 50.4. The topological polar surface area (TPSA) is 298 Å². The average molecular weight is 917 g/mol. The first-order valence-corrected chi connectivity index (χ1v) is 23.5. The number of allylic oxidation sites excluding steroid dienone is 1. The highest BCUT2D eigenvalue weighted by atomic mass is 16.7. The van der Waals surface area contributed by atoms with Crippen molar-refractivity contribution in [1.29, 1.82) is 0 Å². The van der Waals surface area contributed by atoms with Crippen LogP contribution in [0.4, 0.5) is 0 Å². The molecule has 18 heteroatoms. The summed E-state index contributed by atoms with van der Waals surface area (Å²) < 4.78 is 36.3. The van der Waals surface area contributed by atoms with Crippen molar-refractivity contribution in [2.75, 3.05) is 26.4 Å². The van der Waals surface area contributed by atoms with E-state index in [1.165, 1.54) is 0 Å². The first kappa shape index (κ1) is 50.6. The lowest BCUT2D eigenvalue weighted by Gasteiger charge is -2.61. The summed E-state index contributed by atoms with van der Waals surface area (Å²) in [5.74, 6) is 0.222. The van der Waals surface area contributed by atoms with Crippen molar-refractivity contribution in [2.45, 2.75) is 190 Å². The van der Waals surface area contributed by atoms with E-state index in [9.17, 15) is 61.3 Å². The van der Waals surface area contributed by atoms with Gasteiger partial charge in [0.2, 0.25) is 0 Å². The van der Waals surface area contributed by atoms with Gasteiger partial charge in [0.1, 0.15) is 67.1 Å². The van der Waals surface area contributed by atoms with E-state index in [4.69, 9.17) is 28.4 Å². The van der Waals surface area contributed by atoms with E-state index in [1.54, 1.807) is 6.92 Å². The molecule has 3 saturated carbocycles. The molecule has 18 nitrogen and oxygen atoms in total. The van der Waals surface area contributed by atoms with E-state index in [-0.39, 0.29) is 65.7 Å². The zero-order chi connectivity index (χ0) is 46.6. The van der Waals surface area contributed by atoms with Crippen LogP contribution < -0.4 is 0 Å². The number of rotatable bonds is 15. The summed E-state index contributed by atoms with van der Waals surface area (Å²) in [7, 11) is 0. The molecule has 0 aromatic heterocycles. The van der Waals surface area contributed by atoms with E-state index in [1.807, 2.05) is 6.92 Å². The minimum atomic E-state index is -1.55. The number of fused-ring (bicyclic) bond motifs is 5. The predicted molar refractivity (Wildman–Crippen MR) is 224 cm³/mol. The number of hydrogen-bond donors (Lipinski definition) is 12. The number of ether oxygens (including phenoxy) is 6. The molecule has 0 amide bonds. The standard InChI is InChI=1S/C46H76O18/c1-20(21(2)19-59-42-39(56)37(54)34(51)30(17-48)63-42)6-7-23(16-47)27-10-11-28-26-9-8-24-14-25(61-44-41(58)38(55)35(52)31(18-49)64-44)12-13-45(24,4)32(26)29(15-46(27,28)5)62-43-40(57)36(53)33(50)22(3)60-43/h8,21-23,25-44,47-58H,1,6-7,9-19H2,2-5H3/t21?,22-,23-,25-,26-,27+,28-,29+,30+,31+,32+,33-,34+,35+,36+,37-,38-,39+,40+,41+,42+,43-,44+,45-,46+/m0/s1. The molecule has 0 aromatic carbocycles. The number of aliphatic hydroxyl groups is 12. The van der Waals surface area contributed by atoms with Crippen LogP contribution in [0.1, 0.15) is 85.5 Å². The number of hydrogen-bond acceptors (Lipinski definition) is 18. The summed E-state index contributed by atoms with van der Waals surface area (Å²) in [4.78, 5) is 0. The van der Waals surface area contributed by atoms with Gasteiger partial charge < -0.3 is 89.7 Å². The van der Waals surface area contributed by atoms with Gasteiger partial charge >= 0.3 is 0 Å². The summed E-state index contributed by atoms with van der Waals surface area (Å²) >= 11 is 0. The molecule has 0 aromatic rings. The Bertz CT molecular complexity index is 1600. The zero-order valence-corrected chi connectivity index (χ0v) is 37.6. The zero-order valence-electron chi connectivity index (χ0n) is 37.6. The van der Waals surface area contributed by atoms with Crippen LogP contribution in [-0.2, 0) is 28.4 Å². The second kappa shape index (κ2) is 20.4. The molecular formula is C46H76O18. The third-order valence-electron chi connectivity index (χ3n) is 17.0. The van der Waals surface area contributed by atoms with Gasteiger partial charge in [-0.2, -0.15) is 0 Å². The maximum Gasteiger partial charge on any atom is 0.186 e. The van der Waals surface area contributed by atoms with Gasteiger partial charge in [-0.25, -0.2) is 0 Å². The lowest BCUT2D eigenvalue weighted by atomic mass is 9.46. The fourth-order valence-corrected chi connectivity index (χ4v) is 13.0. The Labute approximate surface area is 375 Å². The molecule has 0 radical (unpaired) electrons. The first-order chi connectivity index (χ1) is 30.3. The highest BCUT2D eigenvalue weighted by molar-refractivity contribution is 5.27. The molecule has 3 saturated heterocycles. The fourth-order valence-electron chi connectivity index (χ4n) is 13.0. The van der Waals surface area contributed by atoms with Gasteiger partial charge in [0.15, 0.2) is 18.9 Å². The third kappa shape index (κ3) is 9.42. The summed E-state index contributed by atoms with van der Waals surface area (Å²) in [5.41, 5.74) is 1.35. The van der Waals surface area contributed by atoms with Crippen LogP contribution in [0.15, 0.2) is 23.8 Å². The maximum absolute atomic E-state index is 11.2. The van der Waals surface area contributed by atoms with Gasteiger partial charge in [-0.15, -0.1) is 0 Å². The minimum absolute atomic E-state index is 0.0375. The van der Waals surface area contributed by atoms with E-state index in [0.717, 1.165) is 30.4 Å². The monoisotopic (exact) mass is 917 g/mol. The van der Waals surface area contributed by atoms with Crippen molar-refractivity contribution >= 4 is 0 Å². The minimum Gasteiger partial charge on any atom is -0.396 e. The molecular weight excluding hydrogens is 840 g/mol. The van der Waals surface area contributed by atoms with E-state index >= 15 is 0 Å². The molecule has 7 aliphatic rings. The molecule has 12 N–H and O–H groups in total. The van der Waals surface area contributed by atoms with Crippen molar-refractivity contribution in [3.8, 4) is 0 Å². The SMILES string of the molecule is C=C(CC[C@@H](CO)[C@H]1CC[C@H]2[C@@H]3CC=C4C[C@@H](O[C@@H]5O[C@H](CO)[C@@H](O)[C@H](O)[C@H]5O)CC[C@]4(C)[C@H]3[C@H](O[C@@H]3O[C@@H](C)[C@H](O)[C@@H](O)[C@H]3O)C[C@]12C)C(C)CO[C@@H]1O[C@H](CO)[C@@H](O)[C@H](O)[C@H]1O. The highest BCUT2D eigenvalue weighted by Crippen LogP contribution is 2.68. The molecule has 3 aliphatic heterocycles. The van der Waals surface area contributed by atoms with Crippen molar-refractivity contribution in [1.82, 2.24) is 0 Å². The van der Waals surface area contributed by atoms with Crippen LogP contribution in [-0.4, -0.2) is 192 Å². The summed E-state index contributed by atoms with van der Waals surface area (Å²) in [6, 6.07) is 0. The Hall–Kier alpha value is -1.24. The van der Waals surface area contributed by atoms with E-state index < -0.39 is 111 Å². The van der Waals surface area contributed by atoms with Gasteiger partial charge in [0.05, 0.1) is 38.1 Å². The molecule has 368 valence electrons. The molecule has 3 heterocycles. The molecule has 0 spiro atoms. The Morgan fingerprint density at radius 3 is 1.98 bits per heavy atom. The molecule has 64 heavy (non-hydrogen) atoms. The van der Waals surface area contributed by atoms with Gasteiger partial charge in [0.25, 0.3) is 0 Å². The van der Waals surface area contributed by atoms with Gasteiger partial charge in [0, 0.05) is 12.5 Å². The molecule has 4 aliphatic carbocycles. The van der Waals surface area contributed by atoms with Crippen LogP contribution >= 0.6 is 0 Å². The predicted octanol–water partition coefficient (Wildman–Crippen LogP) is -1.03. The van der Waals surface area contributed by atoms with Crippen LogP contribution in [0, 0.1) is 46.3 Å². The van der Waals surface area contributed by atoms with Gasteiger partial charge in [-0.1, -0.05) is 44.6 Å². The van der Waals surface area contributed by atoms with E-state index in [2.05, 4.69) is 26.5 Å². The Morgan fingerprint density at radius 1 is 0.766 bits per heavy atom. The molecule has 7 rings (SSSR count). The van der Waals surface area contributed by atoms with Gasteiger partial charge in [-0.3, -0.25) is 0 Å². The summed E-state index contributed by atoms with van der Waals surface area (Å²) in [6.07, 6.45) is -12.4. The van der Waals surface area contributed by atoms with Crippen LogP contribution in [0.2, 0.25) is 0 Å². The lowest BCUT2D eigenvalue weighted by molar-refractivity contribution is -0.322. The van der Waals surface area contributed by atoms with Crippen LogP contribution in [0.5, 0.6) is 0 Å². The summed E-state index contributed by atoms with van der Waals surface area (Å²) in [5, 5.41) is 125. The quantitative estimate of drug-likeness (QED) is 0.0875. The van der Waals surface area contributed by atoms with E-state index in [0.29, 0.717) is 38.5 Å². The molecule has 1 unspecified atom stereocenters. The second-order valence-electron chi connectivity index (χ2n) is 20.7. The van der Waals surface area contributed by atoms with Crippen LogP contribution in [0.25, 0.3) is 0 Å². The highest BCUT2D eigenvalue weighted by Gasteiger charge is 2.64. The maximum atomic E-state index is 11.2. The lowest BCUT2D eigenvalue weighted by Crippen LogP contribution is -2.62. The van der Waals surface area contributed by atoms with Crippen molar-refractivity contribution in [3.63, 3.8) is 0 Å². The largest absolute Gasteiger partial charge is 0.396 e. The fraction of sp³-hybridized carbons (Fsp3) is 0.913. The molecule has 25 atom stereocenters. The Morgan fingerprint density at radius 2 is 1.36 bits per heavy atom. The first-order valence-electron chi connectivity index (χ1n) is 23.5. The Kier molecular flexibility index (Phi) is 16.1. The average Bonchev–Trinajstić information content (AvgIpc) is 3.62. The van der Waals surface area contributed by atoms with Crippen molar-refractivity contribution in [2.24, 2.45) is 46.3 Å². The molecule has 6 fully saturated rings. The second-order valence-corrected chi connectivity index (χ2v) is 20.7. The number of aliphatic hydroxyl groups excluding tert-OH is 12. The third-order valence-corrected chi connectivity index (χ3v) is 17.0. The van der Waals surface area contributed by atoms with Crippen molar-refractivity contribution < 1.29 is 89.7 Å². The smallest absolute Gasteiger partial charge is 0.186 e. The molecule has 0 bridgehead atoms. The van der Waals surface area contributed by atoms with Crippen molar-refractivity contribution in [3.05, 3.63) is 23.8 Å².